The first-order valence-corrected chi connectivity index (χ1v) is 8.54. The lowest BCUT2D eigenvalue weighted by molar-refractivity contribution is 0.0414. The van der Waals surface area contributed by atoms with Crippen LogP contribution in [-0.2, 0) is 6.54 Å². The molecule has 2 rings (SSSR count). The second-order valence-corrected chi connectivity index (χ2v) is 6.77. The van der Waals surface area contributed by atoms with Gasteiger partial charge >= 0.3 is 0 Å². The number of nitrogens with zero attached hydrogens (tertiary/aromatic N) is 3. The van der Waals surface area contributed by atoms with Gasteiger partial charge in [-0.1, -0.05) is 13.8 Å². The zero-order valence-electron chi connectivity index (χ0n) is 14.0. The van der Waals surface area contributed by atoms with Gasteiger partial charge in [0.05, 0.1) is 0 Å². The van der Waals surface area contributed by atoms with Crippen molar-refractivity contribution in [2.75, 3.05) is 19.6 Å². The summed E-state index contributed by atoms with van der Waals surface area (Å²) in [5.41, 5.74) is 6.47. The molecule has 21 heavy (non-hydrogen) atoms. The minimum absolute atomic E-state index is 0.233. The van der Waals surface area contributed by atoms with Crippen molar-refractivity contribution in [3.8, 4) is 0 Å². The molecular weight excluding hydrogens is 260 g/mol. The first-order chi connectivity index (χ1) is 10.1. The van der Waals surface area contributed by atoms with Crippen molar-refractivity contribution in [1.82, 2.24) is 14.5 Å². The molecule has 1 aromatic rings. The normalized spacial score (nSPS) is 26.4. The fourth-order valence-electron chi connectivity index (χ4n) is 3.67. The van der Waals surface area contributed by atoms with Crippen molar-refractivity contribution in [2.45, 2.75) is 65.0 Å². The maximum absolute atomic E-state index is 6.23. The van der Waals surface area contributed by atoms with Crippen LogP contribution in [0.2, 0.25) is 0 Å². The Morgan fingerprint density at radius 1 is 1.38 bits per heavy atom. The summed E-state index contributed by atoms with van der Waals surface area (Å²) < 4.78 is 2.25. The summed E-state index contributed by atoms with van der Waals surface area (Å²) in [6.07, 6.45) is 10.3. The molecule has 0 saturated heterocycles. The molecule has 0 atom stereocenters. The van der Waals surface area contributed by atoms with Gasteiger partial charge in [0.1, 0.15) is 5.82 Å². The molecule has 1 aromatic heterocycles. The Morgan fingerprint density at radius 3 is 2.62 bits per heavy atom. The minimum Gasteiger partial charge on any atom is -0.334 e. The number of aryl methyl sites for hydroxylation is 1. The first-order valence-electron chi connectivity index (χ1n) is 8.54. The van der Waals surface area contributed by atoms with Crippen molar-refractivity contribution in [2.24, 2.45) is 11.7 Å². The molecule has 0 unspecified atom stereocenters. The average molecular weight is 292 g/mol. The molecule has 1 fully saturated rings. The molecule has 120 valence electrons. The fraction of sp³-hybridized carbons (Fsp3) is 0.824. The van der Waals surface area contributed by atoms with Crippen LogP contribution in [-0.4, -0.2) is 39.6 Å². The van der Waals surface area contributed by atoms with Gasteiger partial charge in [-0.3, -0.25) is 4.90 Å². The Labute approximate surface area is 129 Å². The lowest BCUT2D eigenvalue weighted by Gasteiger charge is -2.47. The molecule has 0 aliphatic heterocycles. The fourth-order valence-corrected chi connectivity index (χ4v) is 3.67. The quantitative estimate of drug-likeness (QED) is 0.840. The van der Waals surface area contributed by atoms with Gasteiger partial charge in [0, 0.05) is 37.6 Å². The predicted octanol–water partition coefficient (Wildman–Crippen LogP) is 2.81. The Hall–Kier alpha value is -0.870. The van der Waals surface area contributed by atoms with Gasteiger partial charge in [0.25, 0.3) is 0 Å². The van der Waals surface area contributed by atoms with Gasteiger partial charge in [-0.25, -0.2) is 4.98 Å². The summed E-state index contributed by atoms with van der Waals surface area (Å²) in [5.74, 6) is 1.97. The van der Waals surface area contributed by atoms with E-state index in [-0.39, 0.29) is 5.54 Å². The summed E-state index contributed by atoms with van der Waals surface area (Å²) in [4.78, 5) is 6.99. The molecule has 4 nitrogen and oxygen atoms in total. The zero-order chi connectivity index (χ0) is 15.3. The molecule has 1 heterocycles. The average Bonchev–Trinajstić information content (AvgIpc) is 2.90. The number of aromatic nitrogens is 2. The first kappa shape index (κ1) is 16.5. The van der Waals surface area contributed by atoms with E-state index in [0.717, 1.165) is 37.9 Å². The third kappa shape index (κ3) is 3.86. The Morgan fingerprint density at radius 2 is 2.10 bits per heavy atom. The molecule has 0 aromatic carbocycles. The molecule has 0 bridgehead atoms. The molecule has 0 spiro atoms. The lowest BCUT2D eigenvalue weighted by atomic mass is 9.76. The van der Waals surface area contributed by atoms with Gasteiger partial charge in [-0.2, -0.15) is 0 Å². The van der Waals surface area contributed by atoms with Crippen LogP contribution in [0.15, 0.2) is 12.4 Å². The van der Waals surface area contributed by atoms with Crippen LogP contribution in [0.1, 0.15) is 51.8 Å². The van der Waals surface area contributed by atoms with Crippen LogP contribution in [0.4, 0.5) is 0 Å². The van der Waals surface area contributed by atoms with Crippen molar-refractivity contribution in [1.29, 1.82) is 0 Å². The third-order valence-corrected chi connectivity index (χ3v) is 5.28. The van der Waals surface area contributed by atoms with Crippen molar-refractivity contribution >= 4 is 0 Å². The van der Waals surface area contributed by atoms with E-state index in [9.17, 15) is 0 Å². The topological polar surface area (TPSA) is 47.1 Å². The van der Waals surface area contributed by atoms with E-state index >= 15 is 0 Å². The van der Waals surface area contributed by atoms with E-state index in [2.05, 4.69) is 41.4 Å². The van der Waals surface area contributed by atoms with Gasteiger partial charge in [-0.05, 0) is 51.5 Å². The Balaban J connectivity index is 2.04. The number of nitrogens with two attached hydrogens (primary N) is 1. The predicted molar refractivity (Wildman–Crippen MR) is 88.2 cm³/mol. The second-order valence-electron chi connectivity index (χ2n) is 6.77. The Bertz CT molecular complexity index is 418. The van der Waals surface area contributed by atoms with Crippen LogP contribution >= 0.6 is 0 Å². The largest absolute Gasteiger partial charge is 0.334 e. The summed E-state index contributed by atoms with van der Waals surface area (Å²) in [5, 5.41) is 0. The maximum atomic E-state index is 6.23. The number of hydrogen-bond donors (Lipinski definition) is 1. The van der Waals surface area contributed by atoms with E-state index < -0.39 is 0 Å². The number of hydrogen-bond acceptors (Lipinski definition) is 3. The SMILES string of the molecule is CCCN(CCn1ccnc1C)C1(CN)CCC(C)CC1. The minimum atomic E-state index is 0.233. The molecule has 4 heteroatoms. The third-order valence-electron chi connectivity index (χ3n) is 5.28. The van der Waals surface area contributed by atoms with Gasteiger partial charge in [0.15, 0.2) is 0 Å². The van der Waals surface area contributed by atoms with Crippen LogP contribution in [0, 0.1) is 12.8 Å². The maximum Gasteiger partial charge on any atom is 0.105 e. The molecule has 1 aliphatic carbocycles. The van der Waals surface area contributed by atoms with Gasteiger partial charge in [-0.15, -0.1) is 0 Å². The zero-order valence-corrected chi connectivity index (χ0v) is 14.0. The summed E-state index contributed by atoms with van der Waals surface area (Å²) in [6.45, 7) is 10.8. The molecule has 2 N–H and O–H groups in total. The standard InChI is InChI=1S/C17H32N4/c1-4-10-21(13-12-20-11-9-19-16(20)3)17(14-18)7-5-15(2)6-8-17/h9,11,15H,4-8,10,12-14,18H2,1-3H3. The molecule has 0 radical (unpaired) electrons. The lowest BCUT2D eigenvalue weighted by Crippen LogP contribution is -2.56. The highest BCUT2D eigenvalue weighted by molar-refractivity contribution is 4.96. The summed E-state index contributed by atoms with van der Waals surface area (Å²) in [6, 6.07) is 0. The van der Waals surface area contributed by atoms with E-state index in [1.165, 1.54) is 32.1 Å². The van der Waals surface area contributed by atoms with Gasteiger partial charge < -0.3 is 10.3 Å². The van der Waals surface area contributed by atoms with E-state index in [1.807, 2.05) is 6.20 Å². The Kier molecular flexibility index (Phi) is 5.82. The van der Waals surface area contributed by atoms with E-state index in [4.69, 9.17) is 5.73 Å². The van der Waals surface area contributed by atoms with Crippen molar-refractivity contribution < 1.29 is 0 Å². The summed E-state index contributed by atoms with van der Waals surface area (Å²) >= 11 is 0. The molecule has 1 aliphatic rings. The summed E-state index contributed by atoms with van der Waals surface area (Å²) in [7, 11) is 0. The number of rotatable bonds is 7. The smallest absolute Gasteiger partial charge is 0.105 e. The second kappa shape index (κ2) is 7.41. The van der Waals surface area contributed by atoms with Crippen molar-refractivity contribution in [3.05, 3.63) is 18.2 Å². The van der Waals surface area contributed by atoms with Crippen LogP contribution in [0.3, 0.4) is 0 Å². The highest BCUT2D eigenvalue weighted by atomic mass is 15.2. The van der Waals surface area contributed by atoms with Crippen LogP contribution < -0.4 is 5.73 Å². The monoisotopic (exact) mass is 292 g/mol. The molecule has 0 amide bonds. The van der Waals surface area contributed by atoms with Crippen molar-refractivity contribution in [3.63, 3.8) is 0 Å². The highest BCUT2D eigenvalue weighted by Crippen LogP contribution is 2.35. The highest BCUT2D eigenvalue weighted by Gasteiger charge is 2.37. The van der Waals surface area contributed by atoms with E-state index in [0.29, 0.717) is 0 Å². The van der Waals surface area contributed by atoms with Crippen LogP contribution in [0.5, 0.6) is 0 Å². The van der Waals surface area contributed by atoms with Crippen LogP contribution in [0.25, 0.3) is 0 Å². The van der Waals surface area contributed by atoms with E-state index in [1.54, 1.807) is 0 Å². The molecule has 1 saturated carbocycles. The molecular formula is C17H32N4. The van der Waals surface area contributed by atoms with Gasteiger partial charge in [0.2, 0.25) is 0 Å². The number of imidazole rings is 1.